The van der Waals surface area contributed by atoms with Gasteiger partial charge in [-0.3, -0.25) is 0 Å². The zero-order chi connectivity index (χ0) is 15.0. The molecule has 7 nitrogen and oxygen atoms in total. The minimum atomic E-state index is -3.19. The highest BCUT2D eigenvalue weighted by Crippen LogP contribution is 2.29. The van der Waals surface area contributed by atoms with Crippen LogP contribution in [-0.2, 0) is 9.84 Å². The predicted octanol–water partition coefficient (Wildman–Crippen LogP) is 0.695. The quantitative estimate of drug-likeness (QED) is 0.888. The van der Waals surface area contributed by atoms with Gasteiger partial charge in [0.05, 0.1) is 6.20 Å². The normalized spacial score (nSPS) is 19.9. The fourth-order valence-corrected chi connectivity index (χ4v) is 5.23. The molecule has 0 saturated carbocycles. The van der Waals surface area contributed by atoms with E-state index < -0.39 is 15.2 Å². The lowest BCUT2D eigenvalue weighted by Gasteiger charge is -2.35. The van der Waals surface area contributed by atoms with Crippen LogP contribution in [0.4, 0.5) is 11.6 Å². The molecule has 0 bridgehead atoms. The van der Waals surface area contributed by atoms with E-state index in [0.717, 1.165) is 5.75 Å². The van der Waals surface area contributed by atoms with Crippen molar-refractivity contribution >= 4 is 38.9 Å². The van der Waals surface area contributed by atoms with Gasteiger partial charge in [0.25, 0.3) is 0 Å². The number of hydrogen-bond donors (Lipinski definition) is 1. The summed E-state index contributed by atoms with van der Waals surface area (Å²) >= 11 is 1.65. The molecule has 0 aliphatic carbocycles. The second-order valence-electron chi connectivity index (χ2n) is 4.91. The highest BCUT2D eigenvalue weighted by Gasteiger charge is 2.33. The standard InChI is InChI=1S/C12H17N5O2S2/c1-13-9-7-16-4-3-14-11(16)12(15-9)17-5-6-20-8-10(17)21(2,18)19/h3-4,7,10,13H,5-6,8H2,1-2H3. The molecule has 1 saturated heterocycles. The molecule has 0 spiro atoms. The van der Waals surface area contributed by atoms with E-state index in [2.05, 4.69) is 15.3 Å². The predicted molar refractivity (Wildman–Crippen MR) is 85.8 cm³/mol. The van der Waals surface area contributed by atoms with E-state index in [9.17, 15) is 8.42 Å². The molecule has 1 atom stereocenters. The van der Waals surface area contributed by atoms with Gasteiger partial charge in [0, 0.05) is 43.7 Å². The topological polar surface area (TPSA) is 79.6 Å². The van der Waals surface area contributed by atoms with Crippen LogP contribution in [0.15, 0.2) is 18.6 Å². The minimum Gasteiger partial charge on any atom is -0.372 e. The highest BCUT2D eigenvalue weighted by molar-refractivity contribution is 8.01. The number of fused-ring (bicyclic) bond motifs is 1. The largest absolute Gasteiger partial charge is 0.372 e. The van der Waals surface area contributed by atoms with Gasteiger partial charge >= 0.3 is 0 Å². The summed E-state index contributed by atoms with van der Waals surface area (Å²) in [4.78, 5) is 10.7. The van der Waals surface area contributed by atoms with E-state index in [1.807, 2.05) is 21.7 Å². The van der Waals surface area contributed by atoms with Crippen molar-refractivity contribution in [2.75, 3.05) is 41.6 Å². The van der Waals surface area contributed by atoms with Gasteiger partial charge in [-0.2, -0.15) is 11.8 Å². The molecule has 1 N–H and O–H groups in total. The van der Waals surface area contributed by atoms with Crippen LogP contribution < -0.4 is 10.2 Å². The van der Waals surface area contributed by atoms with Crippen molar-refractivity contribution < 1.29 is 8.42 Å². The zero-order valence-corrected chi connectivity index (χ0v) is 13.5. The highest BCUT2D eigenvalue weighted by atomic mass is 32.2. The Hall–Kier alpha value is -1.48. The number of hydrogen-bond acceptors (Lipinski definition) is 7. The van der Waals surface area contributed by atoms with Crippen molar-refractivity contribution in [2.24, 2.45) is 0 Å². The van der Waals surface area contributed by atoms with Crippen molar-refractivity contribution in [3.05, 3.63) is 18.6 Å². The summed E-state index contributed by atoms with van der Waals surface area (Å²) < 4.78 is 26.0. The molecule has 9 heteroatoms. The molecule has 1 fully saturated rings. The second kappa shape index (κ2) is 5.38. The van der Waals surface area contributed by atoms with Gasteiger partial charge in [-0.1, -0.05) is 0 Å². The van der Waals surface area contributed by atoms with E-state index in [1.165, 1.54) is 6.26 Å². The molecule has 1 aliphatic heterocycles. The van der Waals surface area contributed by atoms with E-state index in [0.29, 0.717) is 29.6 Å². The summed E-state index contributed by atoms with van der Waals surface area (Å²) in [5.41, 5.74) is 0.676. The third kappa shape index (κ3) is 2.67. The molecule has 0 radical (unpaired) electrons. The van der Waals surface area contributed by atoms with Crippen LogP contribution in [0.25, 0.3) is 5.65 Å². The Kier molecular flexibility index (Phi) is 3.70. The summed E-state index contributed by atoms with van der Waals surface area (Å²) in [6, 6.07) is 0. The monoisotopic (exact) mass is 327 g/mol. The number of sulfone groups is 1. The SMILES string of the molecule is CNc1cn2ccnc2c(N2CCSCC2S(C)(=O)=O)n1. The van der Waals surface area contributed by atoms with Gasteiger partial charge in [0.15, 0.2) is 21.3 Å². The third-order valence-electron chi connectivity index (χ3n) is 3.46. The van der Waals surface area contributed by atoms with Gasteiger partial charge in [0.1, 0.15) is 11.2 Å². The number of rotatable bonds is 3. The first-order valence-corrected chi connectivity index (χ1v) is 9.66. The number of aromatic nitrogens is 3. The van der Waals surface area contributed by atoms with Crippen molar-refractivity contribution in [1.29, 1.82) is 0 Å². The lowest BCUT2D eigenvalue weighted by Crippen LogP contribution is -2.47. The maximum absolute atomic E-state index is 12.1. The number of nitrogens with zero attached hydrogens (tertiary/aromatic N) is 4. The molecule has 3 heterocycles. The maximum Gasteiger partial charge on any atom is 0.180 e. The Morgan fingerprint density at radius 1 is 1.48 bits per heavy atom. The fourth-order valence-electron chi connectivity index (χ4n) is 2.41. The van der Waals surface area contributed by atoms with Gasteiger partial charge in [0.2, 0.25) is 0 Å². The number of nitrogens with one attached hydrogen (secondary N) is 1. The van der Waals surface area contributed by atoms with Crippen molar-refractivity contribution in [1.82, 2.24) is 14.4 Å². The molecule has 0 amide bonds. The smallest absolute Gasteiger partial charge is 0.180 e. The minimum absolute atomic E-state index is 0.553. The van der Waals surface area contributed by atoms with Crippen LogP contribution in [0.2, 0.25) is 0 Å². The van der Waals surface area contributed by atoms with Gasteiger partial charge in [-0.25, -0.2) is 18.4 Å². The Bertz CT molecular complexity index is 758. The average Bonchev–Trinajstić information content (AvgIpc) is 2.93. The zero-order valence-electron chi connectivity index (χ0n) is 11.9. The summed E-state index contributed by atoms with van der Waals surface area (Å²) in [6.07, 6.45) is 6.63. The van der Waals surface area contributed by atoms with Crippen LogP contribution in [0.1, 0.15) is 0 Å². The molecular formula is C12H17N5O2S2. The van der Waals surface area contributed by atoms with Crippen molar-refractivity contribution in [3.8, 4) is 0 Å². The number of anilines is 2. The molecule has 0 aromatic carbocycles. The third-order valence-corrected chi connectivity index (χ3v) is 6.11. The summed E-state index contributed by atoms with van der Waals surface area (Å²) in [5.74, 6) is 2.73. The molecule has 21 heavy (non-hydrogen) atoms. The van der Waals surface area contributed by atoms with Crippen LogP contribution in [-0.4, -0.2) is 59.5 Å². The lowest BCUT2D eigenvalue weighted by molar-refractivity contribution is 0.584. The Labute approximate surface area is 127 Å². The number of thioether (sulfide) groups is 1. The molecule has 2 aromatic heterocycles. The van der Waals surface area contributed by atoms with Crippen LogP contribution >= 0.6 is 11.8 Å². The van der Waals surface area contributed by atoms with Crippen LogP contribution in [0.5, 0.6) is 0 Å². The Morgan fingerprint density at radius 3 is 3.00 bits per heavy atom. The van der Waals surface area contributed by atoms with Crippen LogP contribution in [0, 0.1) is 0 Å². The molecule has 114 valence electrons. The number of imidazole rings is 1. The van der Waals surface area contributed by atoms with E-state index >= 15 is 0 Å². The lowest BCUT2D eigenvalue weighted by atomic mass is 10.4. The first-order chi connectivity index (χ1) is 10.0. The van der Waals surface area contributed by atoms with E-state index in [1.54, 1.807) is 25.0 Å². The first kappa shape index (κ1) is 14.5. The van der Waals surface area contributed by atoms with Crippen molar-refractivity contribution in [2.45, 2.75) is 5.37 Å². The molecule has 1 aliphatic rings. The molecule has 2 aromatic rings. The van der Waals surface area contributed by atoms with E-state index in [-0.39, 0.29) is 0 Å². The summed E-state index contributed by atoms with van der Waals surface area (Å²) in [6.45, 7) is 0.644. The van der Waals surface area contributed by atoms with Gasteiger partial charge in [-0.05, 0) is 0 Å². The molecule has 3 rings (SSSR count). The fraction of sp³-hybridized carbons (Fsp3) is 0.500. The summed E-state index contributed by atoms with van der Waals surface area (Å²) in [5, 5.41) is 2.44. The Balaban J connectivity index is 2.15. The second-order valence-corrected chi connectivity index (χ2v) is 8.26. The maximum atomic E-state index is 12.1. The molecular weight excluding hydrogens is 310 g/mol. The van der Waals surface area contributed by atoms with Crippen LogP contribution in [0.3, 0.4) is 0 Å². The Morgan fingerprint density at radius 2 is 2.29 bits per heavy atom. The first-order valence-electron chi connectivity index (χ1n) is 6.55. The van der Waals surface area contributed by atoms with Crippen molar-refractivity contribution in [3.63, 3.8) is 0 Å². The average molecular weight is 327 g/mol. The summed E-state index contributed by atoms with van der Waals surface area (Å²) in [7, 11) is -1.40. The van der Waals surface area contributed by atoms with Gasteiger partial charge in [-0.15, -0.1) is 0 Å². The molecule has 1 unspecified atom stereocenters. The van der Waals surface area contributed by atoms with E-state index in [4.69, 9.17) is 0 Å². The van der Waals surface area contributed by atoms with Gasteiger partial charge < -0.3 is 14.6 Å².